The molecule has 18 heavy (non-hydrogen) atoms. The Morgan fingerprint density at radius 2 is 2.06 bits per heavy atom. The van der Waals surface area contributed by atoms with Gasteiger partial charge in [0, 0.05) is 6.54 Å². The third-order valence-corrected chi connectivity index (χ3v) is 3.38. The minimum atomic E-state index is -0.807. The predicted octanol–water partition coefficient (Wildman–Crippen LogP) is 1.65. The van der Waals surface area contributed by atoms with E-state index in [9.17, 15) is 14.3 Å². The molecule has 0 aliphatic heterocycles. The molecule has 0 bridgehead atoms. The second-order valence-corrected chi connectivity index (χ2v) is 5.21. The molecule has 1 aliphatic carbocycles. The summed E-state index contributed by atoms with van der Waals surface area (Å²) in [6.07, 6.45) is 2.27. The number of nitrogens with one attached hydrogen (secondary N) is 1. The first-order valence-electron chi connectivity index (χ1n) is 6.21. The van der Waals surface area contributed by atoms with Crippen molar-refractivity contribution in [2.24, 2.45) is 5.92 Å². The van der Waals surface area contributed by atoms with Crippen LogP contribution < -0.4 is 5.32 Å². The fourth-order valence-corrected chi connectivity index (χ4v) is 1.98. The average Bonchev–Trinajstić information content (AvgIpc) is 3.14. The highest BCUT2D eigenvalue weighted by atomic mass is 19.1. The van der Waals surface area contributed by atoms with Crippen molar-refractivity contribution in [1.82, 2.24) is 5.32 Å². The highest BCUT2D eigenvalue weighted by Crippen LogP contribution is 2.38. The first-order valence-corrected chi connectivity index (χ1v) is 6.21. The zero-order valence-corrected chi connectivity index (χ0v) is 10.4. The summed E-state index contributed by atoms with van der Waals surface area (Å²) in [6, 6.07) is 5.85. The van der Waals surface area contributed by atoms with Gasteiger partial charge in [0.2, 0.25) is 5.91 Å². The second-order valence-electron chi connectivity index (χ2n) is 5.21. The summed E-state index contributed by atoms with van der Waals surface area (Å²) in [7, 11) is 0. The summed E-state index contributed by atoms with van der Waals surface area (Å²) in [4.78, 5) is 11.7. The Balaban J connectivity index is 1.80. The van der Waals surface area contributed by atoms with Crippen LogP contribution in [0.2, 0.25) is 0 Å². The lowest BCUT2D eigenvalue weighted by molar-refractivity contribution is -0.121. The maximum atomic E-state index is 12.7. The van der Waals surface area contributed by atoms with E-state index in [1.54, 1.807) is 19.1 Å². The number of carbonyl (C=O) groups excluding carboxylic acids is 1. The topological polar surface area (TPSA) is 49.3 Å². The van der Waals surface area contributed by atoms with Gasteiger partial charge in [-0.3, -0.25) is 4.79 Å². The average molecular weight is 251 g/mol. The first kappa shape index (κ1) is 13.0. The Labute approximate surface area is 106 Å². The molecule has 0 aromatic heterocycles. The molecule has 1 aromatic rings. The van der Waals surface area contributed by atoms with Crippen LogP contribution in [0.5, 0.6) is 0 Å². The minimum Gasteiger partial charge on any atom is -0.388 e. The van der Waals surface area contributed by atoms with Crippen LogP contribution in [-0.2, 0) is 11.2 Å². The van der Waals surface area contributed by atoms with Crippen LogP contribution in [-0.4, -0.2) is 23.2 Å². The molecule has 98 valence electrons. The molecular weight excluding hydrogens is 233 g/mol. The summed E-state index contributed by atoms with van der Waals surface area (Å²) in [6.45, 7) is 2.03. The van der Waals surface area contributed by atoms with Crippen molar-refractivity contribution in [3.8, 4) is 0 Å². The molecule has 1 atom stereocenters. The van der Waals surface area contributed by atoms with E-state index in [1.165, 1.54) is 12.1 Å². The van der Waals surface area contributed by atoms with Gasteiger partial charge in [0.05, 0.1) is 12.0 Å². The largest absolute Gasteiger partial charge is 0.388 e. The van der Waals surface area contributed by atoms with Crippen LogP contribution >= 0.6 is 0 Å². The quantitative estimate of drug-likeness (QED) is 0.836. The molecule has 4 heteroatoms. The van der Waals surface area contributed by atoms with Gasteiger partial charge < -0.3 is 10.4 Å². The van der Waals surface area contributed by atoms with Gasteiger partial charge in [-0.15, -0.1) is 0 Å². The Hall–Kier alpha value is -1.42. The number of rotatable bonds is 5. The summed E-state index contributed by atoms with van der Waals surface area (Å²) < 4.78 is 12.7. The molecule has 0 heterocycles. The number of benzene rings is 1. The van der Waals surface area contributed by atoms with Crippen molar-refractivity contribution in [3.63, 3.8) is 0 Å². The third kappa shape index (κ3) is 3.53. The standard InChI is InChI=1S/C14H18FNO2/c1-14(18,11-4-5-11)9-16-13(17)8-10-2-6-12(15)7-3-10/h2-3,6-7,11,18H,4-5,8-9H2,1H3,(H,16,17). The number of aliphatic hydroxyl groups is 1. The lowest BCUT2D eigenvalue weighted by Gasteiger charge is -2.23. The van der Waals surface area contributed by atoms with E-state index in [2.05, 4.69) is 5.32 Å². The van der Waals surface area contributed by atoms with Gasteiger partial charge in [0.1, 0.15) is 5.82 Å². The van der Waals surface area contributed by atoms with Gasteiger partial charge in [-0.25, -0.2) is 4.39 Å². The third-order valence-electron chi connectivity index (χ3n) is 3.38. The molecule has 1 saturated carbocycles. The molecule has 1 amide bonds. The van der Waals surface area contributed by atoms with Crippen LogP contribution in [0, 0.1) is 11.7 Å². The molecule has 1 fully saturated rings. The van der Waals surface area contributed by atoms with Crippen LogP contribution in [0.1, 0.15) is 25.3 Å². The van der Waals surface area contributed by atoms with E-state index in [1.807, 2.05) is 0 Å². The number of amides is 1. The predicted molar refractivity (Wildman–Crippen MR) is 66.5 cm³/mol. The summed E-state index contributed by atoms with van der Waals surface area (Å²) in [5.41, 5.74) is -0.0432. The second kappa shape index (κ2) is 5.06. The number of hydrogen-bond donors (Lipinski definition) is 2. The Kier molecular flexibility index (Phi) is 3.66. The van der Waals surface area contributed by atoms with Crippen molar-refractivity contribution >= 4 is 5.91 Å². The number of hydrogen-bond acceptors (Lipinski definition) is 2. The number of carbonyl (C=O) groups is 1. The van der Waals surface area contributed by atoms with Gasteiger partial charge >= 0.3 is 0 Å². The van der Waals surface area contributed by atoms with Gasteiger partial charge in [-0.1, -0.05) is 12.1 Å². The van der Waals surface area contributed by atoms with Gasteiger partial charge in [-0.2, -0.15) is 0 Å². The zero-order valence-electron chi connectivity index (χ0n) is 10.4. The molecule has 2 rings (SSSR count). The van der Waals surface area contributed by atoms with E-state index in [-0.39, 0.29) is 24.7 Å². The number of halogens is 1. The van der Waals surface area contributed by atoms with Crippen molar-refractivity contribution in [2.45, 2.75) is 31.8 Å². The van der Waals surface area contributed by atoms with E-state index in [0.717, 1.165) is 18.4 Å². The molecule has 0 radical (unpaired) electrons. The van der Waals surface area contributed by atoms with E-state index < -0.39 is 5.60 Å². The monoisotopic (exact) mass is 251 g/mol. The van der Waals surface area contributed by atoms with Crippen molar-refractivity contribution in [2.75, 3.05) is 6.54 Å². The molecule has 1 unspecified atom stereocenters. The smallest absolute Gasteiger partial charge is 0.224 e. The Morgan fingerprint density at radius 3 is 2.61 bits per heavy atom. The maximum absolute atomic E-state index is 12.7. The lowest BCUT2D eigenvalue weighted by Crippen LogP contribution is -2.42. The van der Waals surface area contributed by atoms with E-state index >= 15 is 0 Å². The maximum Gasteiger partial charge on any atom is 0.224 e. The summed E-state index contributed by atoms with van der Waals surface area (Å²) >= 11 is 0. The zero-order chi connectivity index (χ0) is 13.2. The molecule has 0 spiro atoms. The summed E-state index contributed by atoms with van der Waals surface area (Å²) in [5.74, 6) is -0.151. The van der Waals surface area contributed by atoms with Crippen LogP contribution in [0.4, 0.5) is 4.39 Å². The molecule has 1 aromatic carbocycles. The summed E-state index contributed by atoms with van der Waals surface area (Å²) in [5, 5.41) is 12.8. The van der Waals surface area contributed by atoms with Crippen molar-refractivity contribution in [1.29, 1.82) is 0 Å². The Morgan fingerprint density at radius 1 is 1.44 bits per heavy atom. The van der Waals surface area contributed by atoms with Gasteiger partial charge in [0.15, 0.2) is 0 Å². The Bertz CT molecular complexity index is 424. The highest BCUT2D eigenvalue weighted by Gasteiger charge is 2.39. The van der Waals surface area contributed by atoms with Crippen molar-refractivity contribution in [3.05, 3.63) is 35.6 Å². The molecule has 3 nitrogen and oxygen atoms in total. The van der Waals surface area contributed by atoms with Crippen LogP contribution in [0.25, 0.3) is 0 Å². The van der Waals surface area contributed by atoms with Crippen molar-refractivity contribution < 1.29 is 14.3 Å². The van der Waals surface area contributed by atoms with Crippen LogP contribution in [0.3, 0.4) is 0 Å². The van der Waals surface area contributed by atoms with Crippen LogP contribution in [0.15, 0.2) is 24.3 Å². The van der Waals surface area contributed by atoms with E-state index in [0.29, 0.717) is 5.92 Å². The van der Waals surface area contributed by atoms with E-state index in [4.69, 9.17) is 0 Å². The van der Waals surface area contributed by atoms with Gasteiger partial charge in [0.25, 0.3) is 0 Å². The first-order chi connectivity index (χ1) is 8.47. The fourth-order valence-electron chi connectivity index (χ4n) is 1.98. The molecule has 0 saturated heterocycles. The molecule has 2 N–H and O–H groups in total. The lowest BCUT2D eigenvalue weighted by atomic mass is 10.0. The molecular formula is C14H18FNO2. The highest BCUT2D eigenvalue weighted by molar-refractivity contribution is 5.78. The molecule has 1 aliphatic rings. The fraction of sp³-hybridized carbons (Fsp3) is 0.500. The van der Waals surface area contributed by atoms with Gasteiger partial charge in [-0.05, 0) is 43.4 Å². The minimum absolute atomic E-state index is 0.150. The SMILES string of the molecule is CC(O)(CNC(=O)Cc1ccc(F)cc1)C1CC1. The normalized spacial score (nSPS) is 18.2.